The maximum Gasteiger partial charge on any atom is 0.327 e. The predicted molar refractivity (Wildman–Crippen MR) is 37.1 cm³/mol. The Hall–Kier alpha value is -0.570. The monoisotopic (exact) mass is 143 g/mol. The lowest BCUT2D eigenvalue weighted by Crippen LogP contribution is -2.21. The van der Waals surface area contributed by atoms with E-state index in [-0.39, 0.29) is 11.9 Å². The van der Waals surface area contributed by atoms with Crippen LogP contribution >= 0.6 is 0 Å². The summed E-state index contributed by atoms with van der Waals surface area (Å²) in [6, 6.07) is 0. The molecule has 58 valence electrons. The highest BCUT2D eigenvalue weighted by molar-refractivity contribution is 5.72. The maximum atomic E-state index is 11.0. The number of hydrogen-bond donors (Lipinski definition) is 1. The van der Waals surface area contributed by atoms with E-state index in [0.29, 0.717) is 0 Å². The summed E-state index contributed by atoms with van der Waals surface area (Å²) in [5.41, 5.74) is 2.39. The van der Waals surface area contributed by atoms with E-state index in [2.05, 4.69) is 10.3 Å². The molecule has 1 N–H and O–H groups in total. The van der Waals surface area contributed by atoms with Crippen molar-refractivity contribution in [3.8, 4) is 0 Å². The molecule has 1 rings (SSSR count). The lowest BCUT2D eigenvalue weighted by atomic mass is 10.1. The van der Waals surface area contributed by atoms with Crippen molar-refractivity contribution in [2.75, 3.05) is 7.05 Å². The Balaban J connectivity index is 2.25. The van der Waals surface area contributed by atoms with Gasteiger partial charge in [0.1, 0.15) is 0 Å². The molecule has 0 amide bonds. The molecule has 0 bridgehead atoms. The molecule has 3 nitrogen and oxygen atoms in total. The van der Waals surface area contributed by atoms with E-state index in [1.54, 1.807) is 7.05 Å². The van der Waals surface area contributed by atoms with Gasteiger partial charge in [-0.25, -0.2) is 0 Å². The molecule has 0 aromatic rings. The smallest absolute Gasteiger partial charge is 0.327 e. The third kappa shape index (κ3) is 1.70. The molecule has 0 spiro atoms. The van der Waals surface area contributed by atoms with Crippen molar-refractivity contribution in [1.29, 1.82) is 0 Å². The first-order valence-corrected chi connectivity index (χ1v) is 3.72. The molecule has 0 atom stereocenters. The topological polar surface area (TPSA) is 38.3 Å². The zero-order chi connectivity index (χ0) is 7.40. The molecule has 3 heteroatoms. The SMILES string of the molecule is CNOC(=O)C1CCCC1. The number of carbonyl (C=O) groups excluding carboxylic acids is 1. The zero-order valence-electron chi connectivity index (χ0n) is 6.22. The van der Waals surface area contributed by atoms with Gasteiger partial charge in [0, 0.05) is 7.05 Å². The lowest BCUT2D eigenvalue weighted by Gasteiger charge is -2.05. The number of rotatable bonds is 2. The summed E-state index contributed by atoms with van der Waals surface area (Å²) >= 11 is 0. The van der Waals surface area contributed by atoms with Crippen molar-refractivity contribution >= 4 is 5.97 Å². The van der Waals surface area contributed by atoms with Crippen LogP contribution in [0.4, 0.5) is 0 Å². The first-order valence-electron chi connectivity index (χ1n) is 3.72. The summed E-state index contributed by atoms with van der Waals surface area (Å²) in [5, 5.41) is 0. The van der Waals surface area contributed by atoms with Crippen LogP contribution in [-0.2, 0) is 9.63 Å². The Morgan fingerprint density at radius 2 is 2.10 bits per heavy atom. The largest absolute Gasteiger partial charge is 0.371 e. The number of hydrogen-bond acceptors (Lipinski definition) is 3. The quantitative estimate of drug-likeness (QED) is 0.582. The zero-order valence-corrected chi connectivity index (χ0v) is 6.22. The molecule has 0 aliphatic heterocycles. The minimum Gasteiger partial charge on any atom is -0.371 e. The average Bonchev–Trinajstić information content (AvgIpc) is 2.38. The molecule has 0 saturated heterocycles. The summed E-state index contributed by atoms with van der Waals surface area (Å²) in [5.74, 6) is 0.0625. The van der Waals surface area contributed by atoms with E-state index in [1.165, 1.54) is 12.8 Å². The maximum absolute atomic E-state index is 11.0. The van der Waals surface area contributed by atoms with Crippen molar-refractivity contribution < 1.29 is 9.63 Å². The Kier molecular flexibility index (Phi) is 2.68. The fourth-order valence-electron chi connectivity index (χ4n) is 1.35. The first-order chi connectivity index (χ1) is 4.84. The summed E-state index contributed by atoms with van der Waals surface area (Å²) in [6.07, 6.45) is 4.34. The minimum absolute atomic E-state index is 0.0972. The number of hydroxylamine groups is 1. The second-order valence-electron chi connectivity index (χ2n) is 2.61. The van der Waals surface area contributed by atoms with E-state index in [9.17, 15) is 4.79 Å². The average molecular weight is 143 g/mol. The van der Waals surface area contributed by atoms with Crippen molar-refractivity contribution in [3.05, 3.63) is 0 Å². The van der Waals surface area contributed by atoms with E-state index >= 15 is 0 Å². The normalized spacial score (nSPS) is 19.3. The van der Waals surface area contributed by atoms with Crippen LogP contribution in [-0.4, -0.2) is 13.0 Å². The number of nitrogens with one attached hydrogen (secondary N) is 1. The van der Waals surface area contributed by atoms with Crippen molar-refractivity contribution in [2.45, 2.75) is 25.7 Å². The van der Waals surface area contributed by atoms with Crippen molar-refractivity contribution in [3.63, 3.8) is 0 Å². The van der Waals surface area contributed by atoms with Crippen LogP contribution in [0.25, 0.3) is 0 Å². The minimum atomic E-state index is -0.0972. The molecule has 1 aliphatic rings. The Labute approximate surface area is 60.7 Å². The molecule has 1 fully saturated rings. The third-order valence-electron chi connectivity index (χ3n) is 1.89. The van der Waals surface area contributed by atoms with Gasteiger partial charge in [0.15, 0.2) is 0 Å². The molecular weight excluding hydrogens is 130 g/mol. The van der Waals surface area contributed by atoms with Crippen LogP contribution in [0.15, 0.2) is 0 Å². The van der Waals surface area contributed by atoms with Crippen LogP contribution < -0.4 is 5.48 Å². The highest BCUT2D eigenvalue weighted by atomic mass is 16.7. The van der Waals surface area contributed by atoms with Gasteiger partial charge in [0.2, 0.25) is 0 Å². The van der Waals surface area contributed by atoms with E-state index in [4.69, 9.17) is 0 Å². The number of carbonyl (C=O) groups is 1. The van der Waals surface area contributed by atoms with Gasteiger partial charge in [-0.1, -0.05) is 12.8 Å². The van der Waals surface area contributed by atoms with Crippen molar-refractivity contribution in [2.24, 2.45) is 5.92 Å². The van der Waals surface area contributed by atoms with Crippen LogP contribution in [0.5, 0.6) is 0 Å². The Morgan fingerprint density at radius 1 is 1.50 bits per heavy atom. The standard InChI is InChI=1S/C7H13NO2/c1-8-10-7(9)6-4-2-3-5-6/h6,8H,2-5H2,1H3. The Morgan fingerprint density at radius 3 is 2.60 bits per heavy atom. The van der Waals surface area contributed by atoms with Gasteiger partial charge >= 0.3 is 5.97 Å². The molecule has 0 unspecified atom stereocenters. The van der Waals surface area contributed by atoms with Crippen LogP contribution in [0, 0.1) is 5.92 Å². The van der Waals surface area contributed by atoms with Crippen LogP contribution in [0.3, 0.4) is 0 Å². The highest BCUT2D eigenvalue weighted by Gasteiger charge is 2.23. The summed E-state index contributed by atoms with van der Waals surface area (Å²) < 4.78 is 0. The van der Waals surface area contributed by atoms with Crippen LogP contribution in [0.1, 0.15) is 25.7 Å². The predicted octanol–water partition coefficient (Wildman–Crippen LogP) is 0.854. The van der Waals surface area contributed by atoms with Gasteiger partial charge in [0.25, 0.3) is 0 Å². The molecule has 1 aliphatic carbocycles. The van der Waals surface area contributed by atoms with Gasteiger partial charge in [0.05, 0.1) is 5.92 Å². The molecule has 0 aromatic heterocycles. The summed E-state index contributed by atoms with van der Waals surface area (Å²) in [6.45, 7) is 0. The Bertz CT molecular complexity index is 119. The van der Waals surface area contributed by atoms with Gasteiger partial charge < -0.3 is 4.84 Å². The molecule has 0 aromatic carbocycles. The lowest BCUT2D eigenvalue weighted by molar-refractivity contribution is -0.154. The molecule has 1 saturated carbocycles. The summed E-state index contributed by atoms with van der Waals surface area (Å²) in [7, 11) is 1.60. The van der Waals surface area contributed by atoms with E-state index < -0.39 is 0 Å². The van der Waals surface area contributed by atoms with E-state index in [0.717, 1.165) is 12.8 Å². The molecule has 10 heavy (non-hydrogen) atoms. The van der Waals surface area contributed by atoms with Gasteiger partial charge in [-0.15, -0.1) is 0 Å². The summed E-state index contributed by atoms with van der Waals surface area (Å²) in [4.78, 5) is 15.6. The molecule has 0 heterocycles. The second-order valence-corrected chi connectivity index (χ2v) is 2.61. The van der Waals surface area contributed by atoms with Crippen LogP contribution in [0.2, 0.25) is 0 Å². The van der Waals surface area contributed by atoms with Gasteiger partial charge in [-0.3, -0.25) is 4.79 Å². The highest BCUT2D eigenvalue weighted by Crippen LogP contribution is 2.25. The fraction of sp³-hybridized carbons (Fsp3) is 0.857. The molecular formula is C7H13NO2. The van der Waals surface area contributed by atoms with Crippen molar-refractivity contribution in [1.82, 2.24) is 5.48 Å². The van der Waals surface area contributed by atoms with Gasteiger partial charge in [-0.05, 0) is 12.8 Å². The first kappa shape index (κ1) is 7.54. The second kappa shape index (κ2) is 3.56. The molecule has 0 radical (unpaired) electrons. The van der Waals surface area contributed by atoms with Gasteiger partial charge in [-0.2, -0.15) is 5.48 Å². The fourth-order valence-corrected chi connectivity index (χ4v) is 1.35. The third-order valence-corrected chi connectivity index (χ3v) is 1.89. The van der Waals surface area contributed by atoms with E-state index in [1.807, 2.05) is 0 Å².